The molecule has 0 unspecified atom stereocenters. The van der Waals surface area contributed by atoms with E-state index in [-0.39, 0.29) is 13.0 Å². The molecule has 0 N–H and O–H groups in total. The van der Waals surface area contributed by atoms with E-state index in [1.807, 2.05) is 0 Å². The van der Waals surface area contributed by atoms with Crippen LogP contribution in [0.1, 0.15) is 6.42 Å². The average Bonchev–Trinajstić information content (AvgIpc) is 1.66. The van der Waals surface area contributed by atoms with E-state index >= 15 is 0 Å². The summed E-state index contributed by atoms with van der Waals surface area (Å²) in [5.74, 6) is 0. The van der Waals surface area contributed by atoms with Gasteiger partial charge < -0.3 is 0 Å². The van der Waals surface area contributed by atoms with Crippen LogP contribution in [0.25, 0.3) is 0 Å². The fraction of sp³-hybridized carbons (Fsp3) is 1.00. The topological polar surface area (TPSA) is 26.3 Å². The summed E-state index contributed by atoms with van der Waals surface area (Å²) < 4.78 is 25.4. The van der Waals surface area contributed by atoms with Crippen molar-refractivity contribution in [1.29, 1.82) is 0 Å². The fourth-order valence-corrected chi connectivity index (χ4v) is 0.617. The van der Waals surface area contributed by atoms with E-state index in [9.17, 15) is 8.60 Å². The minimum atomic E-state index is -1.76. The van der Waals surface area contributed by atoms with Crippen LogP contribution in [0.2, 0.25) is 0 Å². The lowest BCUT2D eigenvalue weighted by Crippen LogP contribution is -1.93. The molecule has 0 amide bonds. The first-order valence-corrected chi connectivity index (χ1v) is 3.94. The molecule has 0 aliphatic carbocycles. The van der Waals surface area contributed by atoms with Crippen molar-refractivity contribution in [3.05, 3.63) is 0 Å². The molecule has 0 spiro atoms. The molecule has 0 fully saturated rings. The Morgan fingerprint density at radius 3 is 2.75 bits per heavy atom. The van der Waals surface area contributed by atoms with Crippen LogP contribution in [0.4, 0.5) is 4.39 Å². The third kappa shape index (κ3) is 6.33. The Bertz CT molecular complexity index is 79.7. The molecule has 0 heterocycles. The summed E-state index contributed by atoms with van der Waals surface area (Å²) in [4.78, 5) is 0. The zero-order chi connectivity index (χ0) is 6.41. The minimum absolute atomic E-state index is 0.118. The van der Waals surface area contributed by atoms with E-state index in [2.05, 4.69) is 4.18 Å². The van der Waals surface area contributed by atoms with Crippen LogP contribution < -0.4 is 0 Å². The third-order valence-corrected chi connectivity index (χ3v) is 1.07. The molecular weight excluding hydrogens is 155 g/mol. The summed E-state index contributed by atoms with van der Waals surface area (Å²) in [7, 11) is 3.08. The van der Waals surface area contributed by atoms with Gasteiger partial charge in [0.2, 0.25) is 0 Å². The molecule has 0 aromatic heterocycles. The SMILES string of the molecule is O=[S@@](Cl)OCCCF. The molecule has 5 heteroatoms. The zero-order valence-electron chi connectivity index (χ0n) is 4.10. The van der Waals surface area contributed by atoms with Crippen LogP contribution in [0.3, 0.4) is 0 Å². The number of hydrogen-bond acceptors (Lipinski definition) is 2. The minimum Gasteiger partial charge on any atom is -0.278 e. The lowest BCUT2D eigenvalue weighted by molar-refractivity contribution is 0.319. The first kappa shape index (κ1) is 8.33. The summed E-state index contributed by atoms with van der Waals surface area (Å²) in [5.41, 5.74) is 0. The van der Waals surface area contributed by atoms with E-state index in [1.165, 1.54) is 0 Å². The van der Waals surface area contributed by atoms with Gasteiger partial charge in [0.1, 0.15) is 0 Å². The molecule has 0 saturated heterocycles. The second kappa shape index (κ2) is 5.47. The van der Waals surface area contributed by atoms with Gasteiger partial charge in [-0.1, -0.05) is 0 Å². The monoisotopic (exact) mass is 160 g/mol. The van der Waals surface area contributed by atoms with Crippen molar-refractivity contribution < 1.29 is 12.8 Å². The quantitative estimate of drug-likeness (QED) is 0.456. The largest absolute Gasteiger partial charge is 0.278 e. The average molecular weight is 161 g/mol. The predicted molar refractivity (Wildman–Crippen MR) is 30.5 cm³/mol. The highest BCUT2D eigenvalue weighted by molar-refractivity contribution is 8.04. The summed E-state index contributed by atoms with van der Waals surface area (Å²) in [6, 6.07) is 0. The summed E-state index contributed by atoms with van der Waals surface area (Å²) >= 11 is 0. The molecule has 0 bridgehead atoms. The van der Waals surface area contributed by atoms with Crippen LogP contribution in [0.5, 0.6) is 0 Å². The Balaban J connectivity index is 2.82. The van der Waals surface area contributed by atoms with Crippen LogP contribution in [0, 0.1) is 0 Å². The van der Waals surface area contributed by atoms with E-state index in [0.29, 0.717) is 0 Å². The van der Waals surface area contributed by atoms with Crippen LogP contribution in [-0.2, 0) is 14.5 Å². The first-order chi connectivity index (χ1) is 3.77. The Hall–Kier alpha value is 0.330. The number of alkyl halides is 1. The van der Waals surface area contributed by atoms with Crippen LogP contribution >= 0.6 is 10.7 Å². The summed E-state index contributed by atoms with van der Waals surface area (Å²) in [6.07, 6.45) is 0.248. The Labute approximate surface area is 54.1 Å². The maximum absolute atomic E-state index is 11.2. The Kier molecular flexibility index (Phi) is 5.69. The van der Waals surface area contributed by atoms with Crippen molar-refractivity contribution in [1.82, 2.24) is 0 Å². The van der Waals surface area contributed by atoms with Crippen LogP contribution in [-0.4, -0.2) is 17.5 Å². The summed E-state index contributed by atoms with van der Waals surface area (Å²) in [6.45, 7) is -0.347. The zero-order valence-corrected chi connectivity index (χ0v) is 5.67. The number of hydrogen-bond donors (Lipinski definition) is 0. The normalized spacial score (nSPS) is 13.8. The highest BCUT2D eigenvalue weighted by Crippen LogP contribution is 1.92. The second-order valence-electron chi connectivity index (χ2n) is 1.06. The van der Waals surface area contributed by atoms with Gasteiger partial charge in [-0.2, -0.15) is 0 Å². The van der Waals surface area contributed by atoms with Gasteiger partial charge in [-0.15, -0.1) is 0 Å². The number of halogens is 2. The van der Waals surface area contributed by atoms with Gasteiger partial charge in [0.25, 0.3) is 10.3 Å². The Morgan fingerprint density at radius 1 is 1.75 bits per heavy atom. The molecule has 0 aromatic carbocycles. The molecule has 0 rings (SSSR count). The molecular formula is C3H6ClFO2S. The van der Waals surface area contributed by atoms with E-state index < -0.39 is 17.0 Å². The van der Waals surface area contributed by atoms with Gasteiger partial charge in [0.15, 0.2) is 0 Å². The van der Waals surface area contributed by atoms with Crippen molar-refractivity contribution in [2.75, 3.05) is 13.3 Å². The standard InChI is InChI=1S/C3H6ClFO2S/c4-8(6)7-3-1-2-5/h1-3H2/t8-/m1/s1. The number of rotatable bonds is 4. The van der Waals surface area contributed by atoms with Crippen molar-refractivity contribution >= 4 is 21.0 Å². The molecule has 0 aliphatic heterocycles. The van der Waals surface area contributed by atoms with Gasteiger partial charge >= 0.3 is 0 Å². The fourth-order valence-electron chi connectivity index (χ4n) is 0.179. The van der Waals surface area contributed by atoms with Crippen molar-refractivity contribution in [2.45, 2.75) is 6.42 Å². The molecule has 0 saturated carbocycles. The molecule has 1 atom stereocenters. The molecule has 50 valence electrons. The van der Waals surface area contributed by atoms with Gasteiger partial charge in [-0.3, -0.25) is 8.57 Å². The second-order valence-corrected chi connectivity index (χ2v) is 2.44. The van der Waals surface area contributed by atoms with Gasteiger partial charge in [-0.25, -0.2) is 4.21 Å². The van der Waals surface area contributed by atoms with E-state index in [4.69, 9.17) is 10.7 Å². The molecule has 0 aliphatic rings. The lowest BCUT2D eigenvalue weighted by Gasteiger charge is -1.90. The Morgan fingerprint density at radius 2 is 2.38 bits per heavy atom. The van der Waals surface area contributed by atoms with Crippen LogP contribution in [0.15, 0.2) is 0 Å². The van der Waals surface area contributed by atoms with Gasteiger partial charge in [0.05, 0.1) is 13.3 Å². The molecule has 2 nitrogen and oxygen atoms in total. The first-order valence-electron chi connectivity index (χ1n) is 2.04. The van der Waals surface area contributed by atoms with E-state index in [1.54, 1.807) is 0 Å². The van der Waals surface area contributed by atoms with Gasteiger partial charge in [-0.05, 0) is 0 Å². The third-order valence-electron chi connectivity index (χ3n) is 0.454. The lowest BCUT2D eigenvalue weighted by atomic mass is 10.5. The molecule has 8 heavy (non-hydrogen) atoms. The van der Waals surface area contributed by atoms with Crippen molar-refractivity contribution in [2.24, 2.45) is 0 Å². The maximum Gasteiger partial charge on any atom is 0.255 e. The highest BCUT2D eigenvalue weighted by atomic mass is 35.7. The maximum atomic E-state index is 11.2. The summed E-state index contributed by atoms with van der Waals surface area (Å²) in [5, 5.41) is 0. The highest BCUT2D eigenvalue weighted by Gasteiger charge is 1.90. The van der Waals surface area contributed by atoms with E-state index in [0.717, 1.165) is 0 Å². The van der Waals surface area contributed by atoms with Gasteiger partial charge in [0, 0.05) is 17.1 Å². The van der Waals surface area contributed by atoms with Crippen molar-refractivity contribution in [3.8, 4) is 0 Å². The molecule has 0 aromatic rings. The van der Waals surface area contributed by atoms with Crippen molar-refractivity contribution in [3.63, 3.8) is 0 Å². The smallest absolute Gasteiger partial charge is 0.255 e. The molecule has 0 radical (unpaired) electrons. The predicted octanol–water partition coefficient (Wildman–Crippen LogP) is 1.18.